The molecule has 1 aliphatic rings. The zero-order valence-corrected chi connectivity index (χ0v) is 8.36. The van der Waals surface area contributed by atoms with E-state index in [1.54, 1.807) is 0 Å². The third-order valence-electron chi connectivity index (χ3n) is 2.12. The van der Waals surface area contributed by atoms with Crippen molar-refractivity contribution in [1.82, 2.24) is 15.5 Å². The van der Waals surface area contributed by atoms with E-state index in [0.717, 1.165) is 25.4 Å². The molecule has 1 aromatic heterocycles. The van der Waals surface area contributed by atoms with Gasteiger partial charge in [0.1, 0.15) is 6.10 Å². The molecule has 2 N–H and O–H groups in total. The average molecular weight is 204 g/mol. The number of aromatic nitrogens is 2. The number of nitrogens with zero attached hydrogens (tertiary/aromatic N) is 1. The Kier molecular flexibility index (Phi) is 3.71. The molecule has 2 rings (SSSR count). The maximum absolute atomic E-state index is 5.57. The predicted octanol–water partition coefficient (Wildman–Crippen LogP) is 0.801. The molecule has 13 heavy (non-hydrogen) atoms. The minimum absolute atomic E-state index is 0. The lowest BCUT2D eigenvalue weighted by molar-refractivity contribution is 0.0246. The highest BCUT2D eigenvalue weighted by atomic mass is 35.5. The Morgan fingerprint density at radius 2 is 2.46 bits per heavy atom. The zero-order valence-electron chi connectivity index (χ0n) is 7.54. The zero-order chi connectivity index (χ0) is 8.39. The molecule has 5 heteroatoms. The number of aromatic amines is 1. The summed E-state index contributed by atoms with van der Waals surface area (Å²) < 4.78 is 5.57. The molecule has 0 saturated carbocycles. The van der Waals surface area contributed by atoms with E-state index in [1.807, 2.05) is 13.1 Å². The van der Waals surface area contributed by atoms with Gasteiger partial charge in [0.15, 0.2) is 0 Å². The second-order valence-corrected chi connectivity index (χ2v) is 3.03. The summed E-state index contributed by atoms with van der Waals surface area (Å²) in [6, 6.07) is 0. The maximum Gasteiger partial charge on any atom is 0.112 e. The molecule has 0 radical (unpaired) electrons. The molecule has 1 atom stereocenters. The Morgan fingerprint density at radius 3 is 3.00 bits per heavy atom. The molecular formula is C8H14ClN3O. The van der Waals surface area contributed by atoms with Crippen molar-refractivity contribution < 1.29 is 4.74 Å². The smallest absolute Gasteiger partial charge is 0.112 e. The third-order valence-corrected chi connectivity index (χ3v) is 2.12. The lowest BCUT2D eigenvalue weighted by atomic mass is 10.1. The van der Waals surface area contributed by atoms with Gasteiger partial charge in [-0.2, -0.15) is 5.10 Å². The number of nitrogens with one attached hydrogen (secondary N) is 2. The summed E-state index contributed by atoms with van der Waals surface area (Å²) >= 11 is 0. The Hall–Kier alpha value is -0.580. The first kappa shape index (κ1) is 10.5. The number of H-pyrrole nitrogens is 1. The number of hydrogen-bond acceptors (Lipinski definition) is 3. The monoisotopic (exact) mass is 203 g/mol. The minimum atomic E-state index is 0. The van der Waals surface area contributed by atoms with Crippen LogP contribution in [0.3, 0.4) is 0 Å². The first-order valence-electron chi connectivity index (χ1n) is 4.20. The van der Waals surface area contributed by atoms with Crippen LogP contribution in [0, 0.1) is 6.92 Å². The number of rotatable bonds is 1. The van der Waals surface area contributed by atoms with E-state index in [9.17, 15) is 0 Å². The van der Waals surface area contributed by atoms with Crippen LogP contribution in [0.1, 0.15) is 17.4 Å². The molecule has 0 amide bonds. The molecule has 4 nitrogen and oxygen atoms in total. The summed E-state index contributed by atoms with van der Waals surface area (Å²) in [6.45, 7) is 4.65. The van der Waals surface area contributed by atoms with E-state index in [4.69, 9.17) is 4.74 Å². The molecule has 2 heterocycles. The first-order valence-corrected chi connectivity index (χ1v) is 4.20. The molecule has 1 aromatic rings. The van der Waals surface area contributed by atoms with Crippen molar-refractivity contribution in [1.29, 1.82) is 0 Å². The van der Waals surface area contributed by atoms with Gasteiger partial charge in [-0.15, -0.1) is 12.4 Å². The largest absolute Gasteiger partial charge is 0.369 e. The van der Waals surface area contributed by atoms with Crippen molar-refractivity contribution in [3.8, 4) is 0 Å². The van der Waals surface area contributed by atoms with E-state index >= 15 is 0 Å². The lowest BCUT2D eigenvalue weighted by Gasteiger charge is -2.22. The average Bonchev–Trinajstić information content (AvgIpc) is 2.53. The van der Waals surface area contributed by atoms with Gasteiger partial charge in [-0.1, -0.05) is 0 Å². The first-order chi connectivity index (χ1) is 5.88. The normalized spacial score (nSPS) is 22.4. The second-order valence-electron chi connectivity index (χ2n) is 3.03. The Balaban J connectivity index is 0.000000845. The van der Waals surface area contributed by atoms with Crippen molar-refractivity contribution >= 4 is 12.4 Å². The Bertz CT molecular complexity index is 258. The van der Waals surface area contributed by atoms with E-state index in [2.05, 4.69) is 15.5 Å². The van der Waals surface area contributed by atoms with E-state index in [1.165, 1.54) is 5.56 Å². The summed E-state index contributed by atoms with van der Waals surface area (Å²) in [5, 5.41) is 10.2. The summed E-state index contributed by atoms with van der Waals surface area (Å²) in [6.07, 6.45) is 1.98. The van der Waals surface area contributed by atoms with Gasteiger partial charge in [0.25, 0.3) is 0 Å². The van der Waals surface area contributed by atoms with Crippen LogP contribution in [0.4, 0.5) is 0 Å². The third kappa shape index (κ3) is 2.21. The number of aryl methyl sites for hydroxylation is 1. The fourth-order valence-electron chi connectivity index (χ4n) is 1.43. The standard InChI is InChI=1S/C8H13N3O.ClH/c1-6-4-10-11-8(6)7-5-9-2-3-12-7;/h4,7,9H,2-3,5H2,1H3,(H,10,11);1H. The number of halogens is 1. The van der Waals surface area contributed by atoms with Gasteiger partial charge in [-0.05, 0) is 12.5 Å². The molecule has 0 bridgehead atoms. The Morgan fingerprint density at radius 1 is 1.62 bits per heavy atom. The molecule has 74 valence electrons. The number of hydrogen-bond donors (Lipinski definition) is 2. The van der Waals surface area contributed by atoms with E-state index < -0.39 is 0 Å². The molecular weight excluding hydrogens is 190 g/mol. The molecule has 0 aromatic carbocycles. The highest BCUT2D eigenvalue weighted by molar-refractivity contribution is 5.85. The summed E-state index contributed by atoms with van der Waals surface area (Å²) in [5.41, 5.74) is 2.27. The van der Waals surface area contributed by atoms with E-state index in [-0.39, 0.29) is 18.5 Å². The highest BCUT2D eigenvalue weighted by Crippen LogP contribution is 2.18. The molecule has 1 saturated heterocycles. The number of ether oxygens (including phenoxy) is 1. The van der Waals surface area contributed by atoms with Gasteiger partial charge in [0, 0.05) is 13.1 Å². The summed E-state index contributed by atoms with van der Waals surface area (Å²) in [5.74, 6) is 0. The quantitative estimate of drug-likeness (QED) is 0.710. The molecule has 1 unspecified atom stereocenters. The summed E-state index contributed by atoms with van der Waals surface area (Å²) in [7, 11) is 0. The summed E-state index contributed by atoms with van der Waals surface area (Å²) in [4.78, 5) is 0. The van der Waals surface area contributed by atoms with Crippen LogP contribution in [0.25, 0.3) is 0 Å². The van der Waals surface area contributed by atoms with Gasteiger partial charge < -0.3 is 10.1 Å². The number of morpholine rings is 1. The van der Waals surface area contributed by atoms with Crippen molar-refractivity contribution in [2.24, 2.45) is 0 Å². The second kappa shape index (κ2) is 4.60. The van der Waals surface area contributed by atoms with Crippen molar-refractivity contribution in [3.63, 3.8) is 0 Å². The van der Waals surface area contributed by atoms with E-state index in [0.29, 0.717) is 0 Å². The SMILES string of the molecule is Cc1cn[nH]c1C1CNCCO1.Cl. The maximum atomic E-state index is 5.57. The van der Waals surface area contributed by atoms with Crippen LogP contribution in [0.15, 0.2) is 6.20 Å². The van der Waals surface area contributed by atoms with Gasteiger partial charge in [0.2, 0.25) is 0 Å². The van der Waals surface area contributed by atoms with Gasteiger partial charge >= 0.3 is 0 Å². The molecule has 0 aliphatic carbocycles. The van der Waals surface area contributed by atoms with Gasteiger partial charge in [-0.25, -0.2) is 0 Å². The van der Waals surface area contributed by atoms with Crippen LogP contribution < -0.4 is 5.32 Å². The fraction of sp³-hybridized carbons (Fsp3) is 0.625. The van der Waals surface area contributed by atoms with Gasteiger partial charge in [0.05, 0.1) is 18.5 Å². The van der Waals surface area contributed by atoms with Crippen LogP contribution >= 0.6 is 12.4 Å². The van der Waals surface area contributed by atoms with Crippen LogP contribution in [-0.2, 0) is 4.74 Å². The minimum Gasteiger partial charge on any atom is -0.369 e. The molecule has 1 aliphatic heterocycles. The van der Waals surface area contributed by atoms with Gasteiger partial charge in [-0.3, -0.25) is 5.10 Å². The molecule has 1 fully saturated rings. The topological polar surface area (TPSA) is 49.9 Å². The Labute approximate surface area is 83.5 Å². The molecule has 0 spiro atoms. The van der Waals surface area contributed by atoms with Crippen LogP contribution in [0.5, 0.6) is 0 Å². The van der Waals surface area contributed by atoms with Crippen LogP contribution in [-0.4, -0.2) is 29.9 Å². The highest BCUT2D eigenvalue weighted by Gasteiger charge is 2.18. The fourth-order valence-corrected chi connectivity index (χ4v) is 1.43. The van der Waals surface area contributed by atoms with Crippen molar-refractivity contribution in [3.05, 3.63) is 17.5 Å². The van der Waals surface area contributed by atoms with Crippen LogP contribution in [0.2, 0.25) is 0 Å². The lowest BCUT2D eigenvalue weighted by Crippen LogP contribution is -2.33. The predicted molar refractivity (Wildman–Crippen MR) is 52.1 cm³/mol. The van der Waals surface area contributed by atoms with Crippen molar-refractivity contribution in [2.75, 3.05) is 19.7 Å². The van der Waals surface area contributed by atoms with Crippen molar-refractivity contribution in [2.45, 2.75) is 13.0 Å².